The Hall–Kier alpha value is -1.29. The zero-order valence-electron chi connectivity index (χ0n) is 8.76. The molecule has 0 radical (unpaired) electrons. The summed E-state index contributed by atoms with van der Waals surface area (Å²) in [6.07, 6.45) is 5.66. The van der Waals surface area contributed by atoms with Gasteiger partial charge in [0.15, 0.2) is 0 Å². The van der Waals surface area contributed by atoms with Gasteiger partial charge in [-0.2, -0.15) is 10.2 Å². The van der Waals surface area contributed by atoms with Crippen LogP contribution in [-0.4, -0.2) is 19.6 Å². The molecule has 0 saturated heterocycles. The number of halogens is 1. The maximum absolute atomic E-state index is 5.95. The van der Waals surface area contributed by atoms with Crippen LogP contribution in [0.2, 0.25) is 0 Å². The molecule has 0 aliphatic heterocycles. The van der Waals surface area contributed by atoms with Crippen molar-refractivity contribution in [3.8, 4) is 0 Å². The van der Waals surface area contributed by atoms with E-state index in [4.69, 9.17) is 11.6 Å². The molecule has 80 valence electrons. The van der Waals surface area contributed by atoms with Crippen molar-refractivity contribution in [2.45, 2.75) is 18.8 Å². The zero-order chi connectivity index (χ0) is 10.8. The van der Waals surface area contributed by atoms with Crippen molar-refractivity contribution >= 4 is 11.6 Å². The van der Waals surface area contributed by atoms with Gasteiger partial charge < -0.3 is 0 Å². The number of aryl methyl sites for hydroxylation is 1. The fourth-order valence-corrected chi connectivity index (χ4v) is 1.50. The highest BCUT2D eigenvalue weighted by Crippen LogP contribution is 2.17. The van der Waals surface area contributed by atoms with Gasteiger partial charge in [0.25, 0.3) is 0 Å². The average Bonchev–Trinajstić information content (AvgIpc) is 2.76. The Kier molecular flexibility index (Phi) is 2.77. The van der Waals surface area contributed by atoms with Crippen molar-refractivity contribution in [2.24, 2.45) is 7.05 Å². The highest BCUT2D eigenvalue weighted by atomic mass is 35.5. The minimum atomic E-state index is 0.00230. The third-order valence-electron chi connectivity index (χ3n) is 2.21. The molecule has 0 amide bonds. The molecule has 0 spiro atoms. The number of hydrogen-bond acceptors (Lipinski definition) is 2. The smallest absolute Gasteiger partial charge is 0.0849 e. The van der Waals surface area contributed by atoms with E-state index in [0.717, 1.165) is 11.3 Å². The van der Waals surface area contributed by atoms with Crippen LogP contribution < -0.4 is 0 Å². The first-order valence-electron chi connectivity index (χ1n) is 4.80. The second-order valence-corrected chi connectivity index (χ2v) is 4.22. The minimum Gasteiger partial charge on any atom is -0.275 e. The van der Waals surface area contributed by atoms with Crippen LogP contribution in [0.1, 0.15) is 23.6 Å². The normalized spacial score (nSPS) is 13.0. The molecule has 0 N–H and O–H groups in total. The summed E-state index contributed by atoms with van der Waals surface area (Å²) in [7, 11) is 1.90. The lowest BCUT2D eigenvalue weighted by molar-refractivity contribution is 0.650. The van der Waals surface area contributed by atoms with Crippen LogP contribution in [-0.2, 0) is 13.6 Å². The third-order valence-corrected chi connectivity index (χ3v) is 2.46. The Labute approximate surface area is 93.5 Å². The quantitative estimate of drug-likeness (QED) is 0.748. The summed E-state index contributed by atoms with van der Waals surface area (Å²) in [4.78, 5) is 0. The molecular weight excluding hydrogens is 212 g/mol. The summed E-state index contributed by atoms with van der Waals surface area (Å²) in [5.74, 6) is 0. The summed E-state index contributed by atoms with van der Waals surface area (Å²) in [6.45, 7) is 2.62. The lowest BCUT2D eigenvalue weighted by Crippen LogP contribution is -2.01. The average molecular weight is 225 g/mol. The second kappa shape index (κ2) is 4.06. The Morgan fingerprint density at radius 2 is 2.33 bits per heavy atom. The molecule has 2 aromatic heterocycles. The Balaban J connectivity index is 2.11. The van der Waals surface area contributed by atoms with Crippen molar-refractivity contribution in [1.82, 2.24) is 19.6 Å². The van der Waals surface area contributed by atoms with E-state index in [1.54, 1.807) is 10.9 Å². The van der Waals surface area contributed by atoms with Crippen LogP contribution in [0.15, 0.2) is 24.7 Å². The number of aromatic nitrogens is 4. The van der Waals surface area contributed by atoms with Crippen LogP contribution in [0.3, 0.4) is 0 Å². The fourth-order valence-electron chi connectivity index (χ4n) is 1.38. The zero-order valence-corrected chi connectivity index (χ0v) is 9.52. The monoisotopic (exact) mass is 224 g/mol. The topological polar surface area (TPSA) is 35.6 Å². The maximum atomic E-state index is 5.95. The van der Waals surface area contributed by atoms with E-state index in [1.807, 2.05) is 37.1 Å². The molecule has 0 aliphatic rings. The van der Waals surface area contributed by atoms with Crippen LogP contribution >= 0.6 is 11.6 Å². The maximum Gasteiger partial charge on any atom is 0.0849 e. The molecule has 0 fully saturated rings. The van der Waals surface area contributed by atoms with E-state index < -0.39 is 0 Å². The van der Waals surface area contributed by atoms with Gasteiger partial charge in [-0.05, 0) is 13.0 Å². The van der Waals surface area contributed by atoms with E-state index in [-0.39, 0.29) is 5.38 Å². The van der Waals surface area contributed by atoms with Gasteiger partial charge >= 0.3 is 0 Å². The molecular formula is C10H13ClN4. The molecule has 0 bridgehead atoms. The molecule has 4 nitrogen and oxygen atoms in total. The van der Waals surface area contributed by atoms with Gasteiger partial charge in [-0.1, -0.05) is 0 Å². The second-order valence-electron chi connectivity index (χ2n) is 3.57. The SMILES string of the molecule is CC(Cl)c1cnn(Cc2ccn(C)n2)c1. The molecule has 2 heterocycles. The van der Waals surface area contributed by atoms with Crippen molar-refractivity contribution in [3.05, 3.63) is 35.9 Å². The molecule has 0 aliphatic carbocycles. The van der Waals surface area contributed by atoms with Crippen LogP contribution in [0, 0.1) is 0 Å². The molecule has 2 aromatic rings. The lowest BCUT2D eigenvalue weighted by Gasteiger charge is -1.97. The van der Waals surface area contributed by atoms with Crippen molar-refractivity contribution < 1.29 is 0 Å². The van der Waals surface area contributed by atoms with Gasteiger partial charge in [0.2, 0.25) is 0 Å². The number of nitrogens with zero attached hydrogens (tertiary/aromatic N) is 4. The van der Waals surface area contributed by atoms with Crippen molar-refractivity contribution in [1.29, 1.82) is 0 Å². The molecule has 0 saturated carbocycles. The van der Waals surface area contributed by atoms with Crippen LogP contribution in [0.5, 0.6) is 0 Å². The third kappa shape index (κ3) is 2.39. The summed E-state index contributed by atoms with van der Waals surface area (Å²) in [5.41, 5.74) is 2.03. The van der Waals surface area contributed by atoms with Crippen molar-refractivity contribution in [3.63, 3.8) is 0 Å². The molecule has 15 heavy (non-hydrogen) atoms. The number of rotatable bonds is 3. The molecule has 2 rings (SSSR count). The van der Waals surface area contributed by atoms with E-state index in [9.17, 15) is 0 Å². The highest BCUT2D eigenvalue weighted by Gasteiger charge is 2.05. The Bertz CT molecular complexity index is 444. The summed E-state index contributed by atoms with van der Waals surface area (Å²) >= 11 is 5.95. The van der Waals surface area contributed by atoms with E-state index in [1.165, 1.54) is 0 Å². The van der Waals surface area contributed by atoms with E-state index in [0.29, 0.717) is 6.54 Å². The Morgan fingerprint density at radius 3 is 2.87 bits per heavy atom. The van der Waals surface area contributed by atoms with Gasteiger partial charge in [0.1, 0.15) is 0 Å². The summed E-state index contributed by atoms with van der Waals surface area (Å²) in [5, 5.41) is 8.51. The molecule has 0 aromatic carbocycles. The largest absolute Gasteiger partial charge is 0.275 e. The van der Waals surface area contributed by atoms with Gasteiger partial charge in [0.05, 0.1) is 23.8 Å². The fraction of sp³-hybridized carbons (Fsp3) is 0.400. The van der Waals surface area contributed by atoms with E-state index in [2.05, 4.69) is 10.2 Å². The van der Waals surface area contributed by atoms with Gasteiger partial charge in [-0.3, -0.25) is 9.36 Å². The van der Waals surface area contributed by atoms with Gasteiger partial charge in [0, 0.05) is 25.0 Å². The highest BCUT2D eigenvalue weighted by molar-refractivity contribution is 6.20. The standard InChI is InChI=1S/C10H13ClN4/c1-8(11)9-5-12-15(6-9)7-10-3-4-14(2)13-10/h3-6,8H,7H2,1-2H3. The van der Waals surface area contributed by atoms with Crippen LogP contribution in [0.25, 0.3) is 0 Å². The summed E-state index contributed by atoms with van der Waals surface area (Å²) in [6, 6.07) is 1.98. The predicted molar refractivity (Wildman–Crippen MR) is 58.8 cm³/mol. The van der Waals surface area contributed by atoms with Crippen LogP contribution in [0.4, 0.5) is 0 Å². The van der Waals surface area contributed by atoms with E-state index >= 15 is 0 Å². The first-order chi connectivity index (χ1) is 7.15. The number of hydrogen-bond donors (Lipinski definition) is 0. The minimum absolute atomic E-state index is 0.00230. The number of alkyl halides is 1. The summed E-state index contributed by atoms with van der Waals surface area (Å²) < 4.78 is 3.63. The van der Waals surface area contributed by atoms with Crippen molar-refractivity contribution in [2.75, 3.05) is 0 Å². The molecule has 1 unspecified atom stereocenters. The Morgan fingerprint density at radius 1 is 1.53 bits per heavy atom. The lowest BCUT2D eigenvalue weighted by atomic mass is 10.3. The molecule has 5 heteroatoms. The van der Waals surface area contributed by atoms with Gasteiger partial charge in [-0.15, -0.1) is 11.6 Å². The predicted octanol–water partition coefficient (Wildman–Crippen LogP) is 1.96. The first-order valence-corrected chi connectivity index (χ1v) is 5.24. The molecule has 1 atom stereocenters. The first kappa shape index (κ1) is 10.2. The van der Waals surface area contributed by atoms with Gasteiger partial charge in [-0.25, -0.2) is 0 Å².